The summed E-state index contributed by atoms with van der Waals surface area (Å²) >= 11 is 0. The second-order valence-corrected chi connectivity index (χ2v) is 4.64. The Morgan fingerprint density at radius 3 is 3.00 bits per heavy atom. The maximum Gasteiger partial charge on any atom is 0.0521 e. The van der Waals surface area contributed by atoms with Gasteiger partial charge in [-0.05, 0) is 31.9 Å². The van der Waals surface area contributed by atoms with Crippen LogP contribution in [0.2, 0.25) is 0 Å². The van der Waals surface area contributed by atoms with Gasteiger partial charge in [-0.1, -0.05) is 13.8 Å². The minimum absolute atomic E-state index is 0.627. The molecule has 1 N–H and O–H groups in total. The van der Waals surface area contributed by atoms with Crippen molar-refractivity contribution in [2.45, 2.75) is 40.3 Å². The first kappa shape index (κ1) is 14.2. The Balaban J connectivity index is 2.01. The molecule has 1 aromatic heterocycles. The molecular formula is C13H25N3O. The van der Waals surface area contributed by atoms with E-state index in [9.17, 15) is 0 Å². The first-order valence-corrected chi connectivity index (χ1v) is 6.53. The Bertz CT molecular complexity index is 297. The third-order valence-corrected chi connectivity index (χ3v) is 2.50. The summed E-state index contributed by atoms with van der Waals surface area (Å²) < 4.78 is 7.54. The van der Waals surface area contributed by atoms with Crippen LogP contribution >= 0.6 is 0 Å². The van der Waals surface area contributed by atoms with E-state index in [1.54, 1.807) is 0 Å². The maximum atomic E-state index is 5.52. The van der Waals surface area contributed by atoms with E-state index in [0.29, 0.717) is 5.92 Å². The molecule has 1 heterocycles. The fourth-order valence-electron chi connectivity index (χ4n) is 1.63. The Morgan fingerprint density at radius 2 is 2.29 bits per heavy atom. The fourth-order valence-corrected chi connectivity index (χ4v) is 1.63. The molecule has 0 aromatic carbocycles. The maximum absolute atomic E-state index is 5.52. The number of aromatic nitrogens is 2. The van der Waals surface area contributed by atoms with Crippen LogP contribution in [0.5, 0.6) is 0 Å². The third-order valence-electron chi connectivity index (χ3n) is 2.50. The van der Waals surface area contributed by atoms with Gasteiger partial charge in [-0.15, -0.1) is 0 Å². The molecule has 98 valence electrons. The summed E-state index contributed by atoms with van der Waals surface area (Å²) in [4.78, 5) is 0. The molecule has 0 radical (unpaired) electrons. The van der Waals surface area contributed by atoms with Gasteiger partial charge >= 0.3 is 0 Å². The number of rotatable bonds is 9. The number of nitrogens with zero attached hydrogens (tertiary/aromatic N) is 2. The highest BCUT2D eigenvalue weighted by atomic mass is 16.5. The van der Waals surface area contributed by atoms with Crippen molar-refractivity contribution >= 4 is 0 Å². The lowest BCUT2D eigenvalue weighted by Gasteiger charge is -2.08. The smallest absolute Gasteiger partial charge is 0.0521 e. The van der Waals surface area contributed by atoms with E-state index in [1.807, 2.05) is 10.9 Å². The van der Waals surface area contributed by atoms with Gasteiger partial charge in [0.05, 0.1) is 5.69 Å². The minimum atomic E-state index is 0.627. The van der Waals surface area contributed by atoms with Crippen LogP contribution in [0.25, 0.3) is 0 Å². The number of hydrogen-bond acceptors (Lipinski definition) is 3. The molecule has 1 aromatic rings. The Labute approximate surface area is 104 Å². The predicted octanol–water partition coefficient (Wildman–Crippen LogP) is 2.06. The van der Waals surface area contributed by atoms with E-state index >= 15 is 0 Å². The second-order valence-electron chi connectivity index (χ2n) is 4.64. The summed E-state index contributed by atoms with van der Waals surface area (Å²) in [6, 6.07) is 2.06. The lowest BCUT2D eigenvalue weighted by molar-refractivity contribution is 0.108. The summed E-state index contributed by atoms with van der Waals surface area (Å²) in [6.45, 7) is 11.0. The van der Waals surface area contributed by atoms with E-state index in [2.05, 4.69) is 37.3 Å². The van der Waals surface area contributed by atoms with Crippen molar-refractivity contribution in [1.29, 1.82) is 0 Å². The molecule has 0 aliphatic carbocycles. The molecular weight excluding hydrogens is 214 g/mol. The van der Waals surface area contributed by atoms with Gasteiger partial charge in [-0.2, -0.15) is 5.10 Å². The van der Waals surface area contributed by atoms with E-state index in [-0.39, 0.29) is 0 Å². The topological polar surface area (TPSA) is 39.1 Å². The zero-order valence-electron chi connectivity index (χ0n) is 11.3. The average Bonchev–Trinajstić information content (AvgIpc) is 2.74. The molecule has 0 fully saturated rings. The van der Waals surface area contributed by atoms with E-state index < -0.39 is 0 Å². The molecule has 0 aliphatic rings. The SMILES string of the molecule is CCn1nccc1CNCCCOCC(C)C. The fraction of sp³-hybridized carbons (Fsp3) is 0.769. The third kappa shape index (κ3) is 5.84. The van der Waals surface area contributed by atoms with Crippen molar-refractivity contribution in [2.24, 2.45) is 5.92 Å². The summed E-state index contributed by atoms with van der Waals surface area (Å²) in [5.74, 6) is 0.627. The van der Waals surface area contributed by atoms with Crippen LogP contribution in [0.3, 0.4) is 0 Å². The number of ether oxygens (including phenoxy) is 1. The summed E-state index contributed by atoms with van der Waals surface area (Å²) in [6.07, 6.45) is 2.92. The Hall–Kier alpha value is -0.870. The first-order valence-electron chi connectivity index (χ1n) is 6.53. The monoisotopic (exact) mass is 239 g/mol. The first-order chi connectivity index (χ1) is 8.24. The zero-order valence-corrected chi connectivity index (χ0v) is 11.3. The largest absolute Gasteiger partial charge is 0.381 e. The Kier molecular flexibility index (Phi) is 6.89. The van der Waals surface area contributed by atoms with E-state index in [1.165, 1.54) is 5.69 Å². The number of hydrogen-bond donors (Lipinski definition) is 1. The Morgan fingerprint density at radius 1 is 1.47 bits per heavy atom. The lowest BCUT2D eigenvalue weighted by atomic mass is 10.2. The second kappa shape index (κ2) is 8.25. The van der Waals surface area contributed by atoms with Gasteiger partial charge in [-0.25, -0.2) is 0 Å². The van der Waals surface area contributed by atoms with Crippen LogP contribution in [-0.2, 0) is 17.8 Å². The van der Waals surface area contributed by atoms with Crippen LogP contribution in [0.1, 0.15) is 32.9 Å². The highest BCUT2D eigenvalue weighted by Gasteiger charge is 1.99. The highest BCUT2D eigenvalue weighted by Crippen LogP contribution is 1.98. The molecule has 0 bridgehead atoms. The van der Waals surface area contributed by atoms with Crippen LogP contribution in [0, 0.1) is 5.92 Å². The molecule has 4 nitrogen and oxygen atoms in total. The molecule has 1 rings (SSSR count). The highest BCUT2D eigenvalue weighted by molar-refractivity contribution is 4.99. The molecule has 0 aliphatic heterocycles. The van der Waals surface area contributed by atoms with Crippen LogP contribution in [0.4, 0.5) is 0 Å². The predicted molar refractivity (Wildman–Crippen MR) is 69.9 cm³/mol. The zero-order chi connectivity index (χ0) is 12.5. The number of aryl methyl sites for hydroxylation is 1. The van der Waals surface area contributed by atoms with Crippen molar-refractivity contribution in [3.8, 4) is 0 Å². The van der Waals surface area contributed by atoms with Crippen LogP contribution in [0.15, 0.2) is 12.3 Å². The van der Waals surface area contributed by atoms with Crippen molar-refractivity contribution in [3.05, 3.63) is 18.0 Å². The van der Waals surface area contributed by atoms with Crippen molar-refractivity contribution in [1.82, 2.24) is 15.1 Å². The standard InChI is InChI=1S/C13H25N3O/c1-4-16-13(6-8-15-16)10-14-7-5-9-17-11-12(2)3/h6,8,12,14H,4-5,7,9-11H2,1-3H3. The van der Waals surface area contributed by atoms with Crippen LogP contribution in [-0.4, -0.2) is 29.5 Å². The van der Waals surface area contributed by atoms with Gasteiger partial charge in [0.1, 0.15) is 0 Å². The van der Waals surface area contributed by atoms with Crippen molar-refractivity contribution in [3.63, 3.8) is 0 Å². The van der Waals surface area contributed by atoms with Crippen molar-refractivity contribution < 1.29 is 4.74 Å². The molecule has 0 unspecified atom stereocenters. The molecule has 4 heteroatoms. The van der Waals surface area contributed by atoms with Gasteiger partial charge in [-0.3, -0.25) is 4.68 Å². The summed E-state index contributed by atoms with van der Waals surface area (Å²) in [7, 11) is 0. The quantitative estimate of drug-likeness (QED) is 0.670. The number of nitrogens with one attached hydrogen (secondary N) is 1. The lowest BCUT2D eigenvalue weighted by Crippen LogP contribution is -2.19. The molecule has 0 atom stereocenters. The molecule has 0 amide bonds. The molecule has 0 spiro atoms. The minimum Gasteiger partial charge on any atom is -0.381 e. The molecule has 17 heavy (non-hydrogen) atoms. The van der Waals surface area contributed by atoms with E-state index in [0.717, 1.165) is 39.3 Å². The summed E-state index contributed by atoms with van der Waals surface area (Å²) in [5.41, 5.74) is 1.25. The van der Waals surface area contributed by atoms with Gasteiger partial charge in [0.15, 0.2) is 0 Å². The van der Waals surface area contributed by atoms with Crippen molar-refractivity contribution in [2.75, 3.05) is 19.8 Å². The van der Waals surface area contributed by atoms with Gasteiger partial charge in [0.25, 0.3) is 0 Å². The van der Waals surface area contributed by atoms with Gasteiger partial charge in [0, 0.05) is 32.5 Å². The van der Waals surface area contributed by atoms with Crippen LogP contribution < -0.4 is 5.32 Å². The van der Waals surface area contributed by atoms with Gasteiger partial charge in [0.2, 0.25) is 0 Å². The average molecular weight is 239 g/mol. The molecule has 0 saturated heterocycles. The van der Waals surface area contributed by atoms with E-state index in [4.69, 9.17) is 4.74 Å². The molecule has 0 saturated carbocycles. The van der Waals surface area contributed by atoms with Gasteiger partial charge < -0.3 is 10.1 Å². The normalized spacial score (nSPS) is 11.3. The summed E-state index contributed by atoms with van der Waals surface area (Å²) in [5, 5.41) is 7.64.